The number of amides is 1. The number of likely N-dealkylation sites (tertiary alicyclic amines) is 1. The topological polar surface area (TPSA) is 37.3 Å². The van der Waals surface area contributed by atoms with Gasteiger partial charge in [-0.3, -0.25) is 4.79 Å². The Morgan fingerprint density at radius 1 is 1.61 bits per heavy atom. The minimum Gasteiger partial charge on any atom is -0.347 e. The van der Waals surface area contributed by atoms with Crippen molar-refractivity contribution in [1.82, 2.24) is 14.8 Å². The van der Waals surface area contributed by atoms with Crippen LogP contribution in [0.3, 0.4) is 0 Å². The van der Waals surface area contributed by atoms with Gasteiger partial charge in [0.15, 0.2) is 0 Å². The Morgan fingerprint density at radius 2 is 2.39 bits per heavy atom. The Kier molecular flexibility index (Phi) is 4.45. The molecule has 0 bridgehead atoms. The lowest BCUT2D eigenvalue weighted by molar-refractivity contribution is 0.0897. The maximum atomic E-state index is 12.2. The van der Waals surface area contributed by atoms with Crippen LogP contribution >= 0.6 is 15.9 Å². The Bertz CT molecular complexity index is 430. The van der Waals surface area contributed by atoms with Crippen LogP contribution in [0.4, 0.5) is 0 Å². The molecule has 1 amide bonds. The molecule has 0 aliphatic carbocycles. The van der Waals surface area contributed by atoms with E-state index in [1.165, 1.54) is 0 Å². The summed E-state index contributed by atoms with van der Waals surface area (Å²) in [6, 6.07) is 2.13. The van der Waals surface area contributed by atoms with E-state index in [9.17, 15) is 4.79 Å². The van der Waals surface area contributed by atoms with E-state index in [0.29, 0.717) is 5.69 Å². The average Bonchev–Trinajstić information content (AvgIpc) is 2.69. The van der Waals surface area contributed by atoms with Gasteiger partial charge in [-0.15, -0.1) is 0 Å². The molecule has 2 rings (SSSR count). The zero-order valence-corrected chi connectivity index (χ0v) is 12.5. The Balaban J connectivity index is 1.97. The fraction of sp³-hybridized carbons (Fsp3) is 0.615. The summed E-state index contributed by atoms with van der Waals surface area (Å²) in [4.78, 5) is 14.6. The summed E-state index contributed by atoms with van der Waals surface area (Å²) in [7, 11) is 1.89. The first-order valence-corrected chi connectivity index (χ1v) is 7.24. The minimum atomic E-state index is 0.0196. The Labute approximate surface area is 116 Å². The van der Waals surface area contributed by atoms with Gasteiger partial charge in [0.05, 0.1) is 0 Å². The van der Waals surface area contributed by atoms with Crippen molar-refractivity contribution in [3.8, 4) is 0 Å². The highest BCUT2D eigenvalue weighted by atomic mass is 79.9. The number of aromatic nitrogens is 1. The summed E-state index contributed by atoms with van der Waals surface area (Å²) >= 11 is 3.39. The van der Waals surface area contributed by atoms with Gasteiger partial charge in [0.2, 0.25) is 0 Å². The van der Waals surface area contributed by atoms with Crippen molar-refractivity contribution in [3.63, 3.8) is 0 Å². The van der Waals surface area contributed by atoms with Gasteiger partial charge in [-0.2, -0.15) is 0 Å². The first kappa shape index (κ1) is 13.6. The van der Waals surface area contributed by atoms with Crippen molar-refractivity contribution in [2.24, 2.45) is 7.05 Å². The lowest BCUT2D eigenvalue weighted by atomic mass is 10.1. The molecule has 1 aromatic heterocycles. The zero-order chi connectivity index (χ0) is 13.1. The van der Waals surface area contributed by atoms with E-state index in [0.717, 1.165) is 36.9 Å². The van der Waals surface area contributed by atoms with Crippen LogP contribution in [0, 0.1) is 0 Å². The molecule has 1 N–H and O–H groups in total. The van der Waals surface area contributed by atoms with E-state index in [-0.39, 0.29) is 11.9 Å². The molecule has 5 heteroatoms. The molecule has 1 aliphatic heterocycles. The SMILES string of the molecule is CCN1CCCC(NC(=O)c2cc(Br)cn2C)C1. The molecular weight excluding hydrogens is 294 g/mol. The number of nitrogens with zero attached hydrogens (tertiary/aromatic N) is 2. The van der Waals surface area contributed by atoms with E-state index in [1.807, 2.05) is 23.9 Å². The summed E-state index contributed by atoms with van der Waals surface area (Å²) in [5, 5.41) is 3.13. The van der Waals surface area contributed by atoms with E-state index in [4.69, 9.17) is 0 Å². The number of likely N-dealkylation sites (N-methyl/N-ethyl adjacent to an activating group) is 1. The first-order chi connectivity index (χ1) is 8.60. The van der Waals surface area contributed by atoms with Gasteiger partial charge >= 0.3 is 0 Å². The standard InChI is InChI=1S/C13H20BrN3O/c1-3-17-6-4-5-11(9-17)15-13(18)12-7-10(14)8-16(12)2/h7-8,11H,3-6,9H2,1-2H3,(H,15,18). The van der Waals surface area contributed by atoms with Gasteiger partial charge in [0.25, 0.3) is 5.91 Å². The predicted octanol–water partition coefficient (Wildman–Crippen LogP) is 2.00. The third-order valence-corrected chi connectivity index (χ3v) is 3.93. The average molecular weight is 314 g/mol. The number of carbonyl (C=O) groups is 1. The molecule has 1 atom stereocenters. The van der Waals surface area contributed by atoms with Gasteiger partial charge in [-0.1, -0.05) is 6.92 Å². The molecule has 2 heterocycles. The molecule has 4 nitrogen and oxygen atoms in total. The number of carbonyl (C=O) groups excluding carboxylic acids is 1. The van der Waals surface area contributed by atoms with Crippen molar-refractivity contribution in [2.75, 3.05) is 19.6 Å². The molecule has 1 unspecified atom stereocenters. The van der Waals surface area contributed by atoms with Crippen molar-refractivity contribution in [2.45, 2.75) is 25.8 Å². The highest BCUT2D eigenvalue weighted by Gasteiger charge is 2.21. The molecule has 1 saturated heterocycles. The highest BCUT2D eigenvalue weighted by Crippen LogP contribution is 2.15. The summed E-state index contributed by atoms with van der Waals surface area (Å²) in [6.45, 7) is 5.34. The number of hydrogen-bond donors (Lipinski definition) is 1. The monoisotopic (exact) mass is 313 g/mol. The van der Waals surface area contributed by atoms with Crippen LogP contribution in [-0.4, -0.2) is 41.1 Å². The molecule has 0 saturated carbocycles. The number of piperidine rings is 1. The van der Waals surface area contributed by atoms with Gasteiger partial charge < -0.3 is 14.8 Å². The van der Waals surface area contributed by atoms with E-state index in [2.05, 4.69) is 33.1 Å². The lowest BCUT2D eigenvalue weighted by Crippen LogP contribution is -2.47. The van der Waals surface area contributed by atoms with Crippen LogP contribution in [0.2, 0.25) is 0 Å². The molecule has 100 valence electrons. The normalized spacial score (nSPS) is 20.9. The maximum Gasteiger partial charge on any atom is 0.268 e. The van der Waals surface area contributed by atoms with Gasteiger partial charge in [-0.05, 0) is 47.9 Å². The first-order valence-electron chi connectivity index (χ1n) is 6.45. The number of hydrogen-bond acceptors (Lipinski definition) is 2. The quantitative estimate of drug-likeness (QED) is 0.926. The van der Waals surface area contributed by atoms with E-state index >= 15 is 0 Å². The number of halogens is 1. The predicted molar refractivity (Wildman–Crippen MR) is 75.7 cm³/mol. The molecule has 0 aromatic carbocycles. The van der Waals surface area contributed by atoms with Crippen molar-refractivity contribution in [3.05, 3.63) is 22.4 Å². The van der Waals surface area contributed by atoms with Crippen LogP contribution in [0.15, 0.2) is 16.7 Å². The smallest absolute Gasteiger partial charge is 0.268 e. The fourth-order valence-electron chi connectivity index (χ4n) is 2.47. The molecule has 0 spiro atoms. The fourth-order valence-corrected chi connectivity index (χ4v) is 2.99. The van der Waals surface area contributed by atoms with Crippen LogP contribution < -0.4 is 5.32 Å². The number of nitrogens with one attached hydrogen (secondary N) is 1. The Morgan fingerprint density at radius 3 is 3.00 bits per heavy atom. The highest BCUT2D eigenvalue weighted by molar-refractivity contribution is 9.10. The summed E-state index contributed by atoms with van der Waals surface area (Å²) in [6.07, 6.45) is 4.14. The largest absolute Gasteiger partial charge is 0.347 e. The lowest BCUT2D eigenvalue weighted by Gasteiger charge is -2.32. The van der Waals surface area contributed by atoms with E-state index in [1.54, 1.807) is 0 Å². The number of rotatable bonds is 3. The third kappa shape index (κ3) is 3.14. The zero-order valence-electron chi connectivity index (χ0n) is 10.9. The van der Waals surface area contributed by atoms with Crippen LogP contribution in [0.25, 0.3) is 0 Å². The molecule has 0 radical (unpaired) electrons. The second-order valence-electron chi connectivity index (χ2n) is 4.86. The van der Waals surface area contributed by atoms with Gasteiger partial charge in [0.1, 0.15) is 5.69 Å². The molecule has 18 heavy (non-hydrogen) atoms. The van der Waals surface area contributed by atoms with Gasteiger partial charge in [0, 0.05) is 30.3 Å². The second-order valence-corrected chi connectivity index (χ2v) is 5.78. The molecule has 1 aromatic rings. The summed E-state index contributed by atoms with van der Waals surface area (Å²) in [5.74, 6) is 0.0196. The van der Waals surface area contributed by atoms with Crippen LogP contribution in [0.1, 0.15) is 30.3 Å². The van der Waals surface area contributed by atoms with Crippen LogP contribution in [0.5, 0.6) is 0 Å². The van der Waals surface area contributed by atoms with E-state index < -0.39 is 0 Å². The molecule has 1 aliphatic rings. The maximum absolute atomic E-state index is 12.2. The minimum absolute atomic E-state index is 0.0196. The van der Waals surface area contributed by atoms with Crippen LogP contribution in [-0.2, 0) is 7.05 Å². The van der Waals surface area contributed by atoms with Crippen molar-refractivity contribution in [1.29, 1.82) is 0 Å². The molecular formula is C13H20BrN3O. The van der Waals surface area contributed by atoms with Gasteiger partial charge in [-0.25, -0.2) is 0 Å². The van der Waals surface area contributed by atoms with Crippen molar-refractivity contribution < 1.29 is 4.79 Å². The summed E-state index contributed by atoms with van der Waals surface area (Å²) < 4.78 is 2.79. The second kappa shape index (κ2) is 5.89. The summed E-state index contributed by atoms with van der Waals surface area (Å²) in [5.41, 5.74) is 0.704. The molecule has 1 fully saturated rings. The third-order valence-electron chi connectivity index (χ3n) is 3.49. The van der Waals surface area contributed by atoms with Crippen molar-refractivity contribution >= 4 is 21.8 Å². The number of aryl methyl sites for hydroxylation is 1. The Hall–Kier alpha value is -0.810.